The first kappa shape index (κ1) is 20.2. The summed E-state index contributed by atoms with van der Waals surface area (Å²) in [5.41, 5.74) is 2.82. The van der Waals surface area contributed by atoms with Crippen LogP contribution in [0.4, 0.5) is 5.69 Å². The molecule has 2 N–H and O–H groups in total. The van der Waals surface area contributed by atoms with Gasteiger partial charge in [-0.1, -0.05) is 0 Å². The number of nitrogens with one attached hydrogen (secondary N) is 1. The average Bonchev–Trinajstić information content (AvgIpc) is 2.63. The van der Waals surface area contributed by atoms with Crippen molar-refractivity contribution >= 4 is 33.7 Å². The monoisotopic (exact) mass is 437 g/mol. The van der Waals surface area contributed by atoms with Gasteiger partial charge in [0.2, 0.25) is 0 Å². The number of amides is 1. The van der Waals surface area contributed by atoms with E-state index in [9.17, 15) is 20.0 Å². The SMILES string of the molecule is CCOc1cc(/C=N/NC(=O)COc2ccc([N+](=O)[O-])cc2Br)ccc1O. The van der Waals surface area contributed by atoms with Gasteiger partial charge in [0.25, 0.3) is 11.6 Å². The molecule has 0 aromatic heterocycles. The number of non-ortho nitro benzene ring substituents is 1. The highest BCUT2D eigenvalue weighted by Gasteiger charge is 2.11. The number of ether oxygens (including phenoxy) is 2. The maximum Gasteiger partial charge on any atom is 0.277 e. The Balaban J connectivity index is 1.88. The lowest BCUT2D eigenvalue weighted by atomic mass is 10.2. The van der Waals surface area contributed by atoms with Crippen LogP contribution in [0, 0.1) is 10.1 Å². The second kappa shape index (κ2) is 9.53. The maximum absolute atomic E-state index is 11.8. The standard InChI is InChI=1S/C17H16BrN3O6/c1-2-26-16-7-11(3-5-14(16)22)9-19-20-17(23)10-27-15-6-4-12(21(24)25)8-13(15)18/h3-9,22H,2,10H2,1H3,(H,20,23)/b19-9+. The first-order chi connectivity index (χ1) is 12.9. The van der Waals surface area contributed by atoms with Gasteiger partial charge >= 0.3 is 0 Å². The van der Waals surface area contributed by atoms with Crippen LogP contribution < -0.4 is 14.9 Å². The number of rotatable bonds is 8. The zero-order valence-electron chi connectivity index (χ0n) is 14.2. The van der Waals surface area contributed by atoms with Crippen LogP contribution in [0.3, 0.4) is 0 Å². The number of hydrogen-bond acceptors (Lipinski definition) is 7. The lowest BCUT2D eigenvalue weighted by molar-refractivity contribution is -0.384. The number of carbonyl (C=O) groups is 1. The van der Waals surface area contributed by atoms with E-state index < -0.39 is 10.8 Å². The third-order valence-corrected chi connectivity index (χ3v) is 3.79. The molecule has 0 heterocycles. The molecule has 27 heavy (non-hydrogen) atoms. The number of hydrazone groups is 1. The number of hydrogen-bond donors (Lipinski definition) is 2. The Morgan fingerprint density at radius 1 is 1.30 bits per heavy atom. The molecule has 0 fully saturated rings. The molecule has 0 saturated carbocycles. The summed E-state index contributed by atoms with van der Waals surface area (Å²) in [6.07, 6.45) is 1.39. The second-order valence-corrected chi connectivity index (χ2v) is 5.97. The summed E-state index contributed by atoms with van der Waals surface area (Å²) in [5, 5.41) is 24.1. The number of nitrogens with zero attached hydrogens (tertiary/aromatic N) is 2. The molecule has 0 aliphatic rings. The van der Waals surface area contributed by atoms with Crippen LogP contribution in [0.5, 0.6) is 17.2 Å². The lowest BCUT2D eigenvalue weighted by Gasteiger charge is -2.07. The minimum absolute atomic E-state index is 0.0140. The van der Waals surface area contributed by atoms with Crippen LogP contribution in [-0.4, -0.2) is 35.4 Å². The van der Waals surface area contributed by atoms with Crippen LogP contribution >= 0.6 is 15.9 Å². The van der Waals surface area contributed by atoms with Gasteiger partial charge in [0.15, 0.2) is 18.1 Å². The van der Waals surface area contributed by atoms with E-state index in [0.29, 0.717) is 28.1 Å². The van der Waals surface area contributed by atoms with Crippen LogP contribution in [0.25, 0.3) is 0 Å². The van der Waals surface area contributed by atoms with E-state index in [1.165, 1.54) is 30.5 Å². The van der Waals surface area contributed by atoms with Crippen molar-refractivity contribution in [1.82, 2.24) is 5.43 Å². The molecular formula is C17H16BrN3O6. The highest BCUT2D eigenvalue weighted by Crippen LogP contribution is 2.29. The van der Waals surface area contributed by atoms with Crippen molar-refractivity contribution < 1.29 is 24.3 Å². The zero-order chi connectivity index (χ0) is 19.8. The van der Waals surface area contributed by atoms with Crippen LogP contribution in [0.15, 0.2) is 46.0 Å². The maximum atomic E-state index is 11.8. The quantitative estimate of drug-likeness (QED) is 0.371. The fraction of sp³-hybridized carbons (Fsp3) is 0.176. The Hall–Kier alpha value is -3.14. The van der Waals surface area contributed by atoms with Crippen molar-refractivity contribution in [3.63, 3.8) is 0 Å². The smallest absolute Gasteiger partial charge is 0.277 e. The van der Waals surface area contributed by atoms with Crippen molar-refractivity contribution in [2.75, 3.05) is 13.2 Å². The number of nitro groups is 1. The minimum Gasteiger partial charge on any atom is -0.504 e. The van der Waals surface area contributed by atoms with E-state index >= 15 is 0 Å². The number of aromatic hydroxyl groups is 1. The molecule has 9 nitrogen and oxygen atoms in total. The highest BCUT2D eigenvalue weighted by molar-refractivity contribution is 9.10. The van der Waals surface area contributed by atoms with Gasteiger partial charge < -0.3 is 14.6 Å². The Morgan fingerprint density at radius 2 is 2.07 bits per heavy atom. The number of nitro benzene ring substituents is 1. The first-order valence-corrected chi connectivity index (χ1v) is 8.54. The van der Waals surface area contributed by atoms with Crippen molar-refractivity contribution in [3.8, 4) is 17.2 Å². The molecule has 10 heteroatoms. The van der Waals surface area contributed by atoms with Crippen molar-refractivity contribution in [2.24, 2.45) is 5.10 Å². The molecule has 142 valence electrons. The summed E-state index contributed by atoms with van der Waals surface area (Å²) in [6, 6.07) is 8.61. The Morgan fingerprint density at radius 3 is 2.74 bits per heavy atom. The molecule has 2 aromatic rings. The number of phenols is 1. The molecule has 0 radical (unpaired) electrons. The number of carbonyl (C=O) groups excluding carboxylic acids is 1. The molecule has 0 spiro atoms. The molecule has 0 aliphatic heterocycles. The van der Waals surface area contributed by atoms with Crippen molar-refractivity contribution in [1.29, 1.82) is 0 Å². The molecule has 0 saturated heterocycles. The molecule has 0 unspecified atom stereocenters. The highest BCUT2D eigenvalue weighted by atomic mass is 79.9. The third kappa shape index (κ3) is 5.96. The Kier molecular flexibility index (Phi) is 7.12. The van der Waals surface area contributed by atoms with E-state index in [0.717, 1.165) is 0 Å². The number of benzene rings is 2. The van der Waals surface area contributed by atoms with Gasteiger partial charge in [-0.15, -0.1) is 0 Å². The van der Waals surface area contributed by atoms with Gasteiger partial charge in [0.05, 0.1) is 22.2 Å². The summed E-state index contributed by atoms with van der Waals surface area (Å²) in [6.45, 7) is 1.87. The third-order valence-electron chi connectivity index (χ3n) is 3.17. The molecule has 0 aliphatic carbocycles. The molecule has 1 amide bonds. The normalized spacial score (nSPS) is 10.6. The summed E-state index contributed by atoms with van der Waals surface area (Å²) in [5.74, 6) is 0.110. The Bertz CT molecular complexity index is 872. The molecule has 2 rings (SSSR count). The summed E-state index contributed by atoms with van der Waals surface area (Å²) < 4.78 is 10.9. The molecule has 2 aromatic carbocycles. The topological polar surface area (TPSA) is 123 Å². The van der Waals surface area contributed by atoms with Gasteiger partial charge in [0.1, 0.15) is 5.75 Å². The fourth-order valence-corrected chi connectivity index (χ4v) is 2.44. The van der Waals surface area contributed by atoms with Crippen LogP contribution in [0.1, 0.15) is 12.5 Å². The number of halogens is 1. The summed E-state index contributed by atoms with van der Waals surface area (Å²) in [4.78, 5) is 21.9. The molecule has 0 bridgehead atoms. The second-order valence-electron chi connectivity index (χ2n) is 5.11. The van der Waals surface area contributed by atoms with E-state index in [1.54, 1.807) is 19.1 Å². The van der Waals surface area contributed by atoms with E-state index in [4.69, 9.17) is 9.47 Å². The van der Waals surface area contributed by atoms with E-state index in [-0.39, 0.29) is 18.0 Å². The summed E-state index contributed by atoms with van der Waals surface area (Å²) >= 11 is 3.15. The van der Waals surface area contributed by atoms with Gasteiger partial charge in [-0.05, 0) is 52.7 Å². The van der Waals surface area contributed by atoms with Gasteiger partial charge in [-0.25, -0.2) is 5.43 Å². The molecule has 0 atom stereocenters. The van der Waals surface area contributed by atoms with E-state index in [2.05, 4.69) is 26.5 Å². The van der Waals surface area contributed by atoms with Gasteiger partial charge in [-0.3, -0.25) is 14.9 Å². The van der Waals surface area contributed by atoms with Crippen LogP contribution in [0.2, 0.25) is 0 Å². The van der Waals surface area contributed by atoms with Crippen LogP contribution in [-0.2, 0) is 4.79 Å². The van der Waals surface area contributed by atoms with E-state index in [1.807, 2.05) is 0 Å². The molecular weight excluding hydrogens is 422 g/mol. The van der Waals surface area contributed by atoms with Crippen molar-refractivity contribution in [3.05, 3.63) is 56.5 Å². The first-order valence-electron chi connectivity index (χ1n) is 7.75. The summed E-state index contributed by atoms with van der Waals surface area (Å²) in [7, 11) is 0. The number of phenolic OH excluding ortho intramolecular Hbond substituents is 1. The predicted molar refractivity (Wildman–Crippen MR) is 101 cm³/mol. The lowest BCUT2D eigenvalue weighted by Crippen LogP contribution is -2.24. The minimum atomic E-state index is -0.531. The van der Waals surface area contributed by atoms with Gasteiger partial charge in [-0.2, -0.15) is 5.10 Å². The zero-order valence-corrected chi connectivity index (χ0v) is 15.8. The fourth-order valence-electron chi connectivity index (χ4n) is 1.96. The van der Waals surface area contributed by atoms with Crippen molar-refractivity contribution in [2.45, 2.75) is 6.92 Å². The average molecular weight is 438 g/mol. The Labute approximate surface area is 162 Å². The predicted octanol–water partition coefficient (Wildman–Crippen LogP) is 2.99. The van der Waals surface area contributed by atoms with Gasteiger partial charge in [0, 0.05) is 12.1 Å². The largest absolute Gasteiger partial charge is 0.504 e.